The fourth-order valence-electron chi connectivity index (χ4n) is 1.16. The number of rotatable bonds is 5. The zero-order chi connectivity index (χ0) is 9.68. The average molecular weight is 219 g/mol. The second-order valence-corrected chi connectivity index (χ2v) is 3.94. The summed E-state index contributed by atoms with van der Waals surface area (Å²) >= 11 is 7.37. The molecule has 0 radical (unpaired) electrons. The molecule has 74 valence electrons. The second kappa shape index (κ2) is 5.45. The third-order valence-electron chi connectivity index (χ3n) is 1.82. The van der Waals surface area contributed by atoms with Gasteiger partial charge < -0.3 is 4.90 Å². The van der Waals surface area contributed by atoms with Crippen LogP contribution >= 0.6 is 22.9 Å². The van der Waals surface area contributed by atoms with E-state index in [-0.39, 0.29) is 0 Å². The highest BCUT2D eigenvalue weighted by atomic mass is 35.5. The van der Waals surface area contributed by atoms with Crippen LogP contribution in [-0.2, 0) is 5.88 Å². The molecular formula is C9H15ClN2S. The van der Waals surface area contributed by atoms with E-state index < -0.39 is 0 Å². The molecule has 1 heterocycles. The van der Waals surface area contributed by atoms with Gasteiger partial charge >= 0.3 is 0 Å². The molecule has 0 aliphatic carbocycles. The fourth-order valence-corrected chi connectivity index (χ4v) is 2.31. The van der Waals surface area contributed by atoms with E-state index in [4.69, 9.17) is 11.6 Å². The third kappa shape index (κ3) is 2.85. The van der Waals surface area contributed by atoms with Crippen LogP contribution < -0.4 is 4.90 Å². The molecule has 0 fully saturated rings. The van der Waals surface area contributed by atoms with Crippen molar-refractivity contribution in [3.8, 4) is 0 Å². The van der Waals surface area contributed by atoms with Crippen LogP contribution in [0.25, 0.3) is 0 Å². The lowest BCUT2D eigenvalue weighted by molar-refractivity contribution is 0.786. The first-order valence-corrected chi connectivity index (χ1v) is 5.98. The largest absolute Gasteiger partial charge is 0.348 e. The molecule has 1 aromatic rings. The number of hydrogen-bond acceptors (Lipinski definition) is 3. The summed E-state index contributed by atoms with van der Waals surface area (Å²) in [6.45, 7) is 6.42. The van der Waals surface area contributed by atoms with Crippen molar-refractivity contribution in [1.29, 1.82) is 0 Å². The Labute approximate surface area is 88.5 Å². The summed E-state index contributed by atoms with van der Waals surface area (Å²) < 4.78 is 0. The van der Waals surface area contributed by atoms with Crippen molar-refractivity contribution in [2.75, 3.05) is 18.0 Å². The molecule has 4 heteroatoms. The smallest absolute Gasteiger partial charge is 0.185 e. The lowest BCUT2D eigenvalue weighted by Gasteiger charge is -2.18. The molecule has 0 N–H and O–H groups in total. The Balaban J connectivity index is 2.67. The van der Waals surface area contributed by atoms with Crippen molar-refractivity contribution < 1.29 is 0 Å². The van der Waals surface area contributed by atoms with Crippen LogP contribution in [0.1, 0.15) is 26.0 Å². The number of alkyl halides is 1. The lowest BCUT2D eigenvalue weighted by Crippen LogP contribution is -2.23. The quantitative estimate of drug-likeness (QED) is 0.706. The molecule has 0 saturated heterocycles. The lowest BCUT2D eigenvalue weighted by atomic mass is 10.4. The van der Waals surface area contributed by atoms with Crippen LogP contribution in [0.3, 0.4) is 0 Å². The van der Waals surface area contributed by atoms with Crippen LogP contribution in [0.4, 0.5) is 5.13 Å². The number of thiazole rings is 1. The van der Waals surface area contributed by atoms with E-state index in [1.54, 1.807) is 11.3 Å². The number of hydrogen-bond donors (Lipinski definition) is 0. The zero-order valence-corrected chi connectivity index (χ0v) is 9.66. The summed E-state index contributed by atoms with van der Waals surface area (Å²) in [6.07, 6.45) is 1.16. The highest BCUT2D eigenvalue weighted by molar-refractivity contribution is 7.13. The maximum absolute atomic E-state index is 5.69. The first-order chi connectivity index (χ1) is 6.31. The van der Waals surface area contributed by atoms with Gasteiger partial charge in [-0.25, -0.2) is 4.98 Å². The Bertz CT molecular complexity index is 250. The van der Waals surface area contributed by atoms with Gasteiger partial charge in [-0.05, 0) is 13.3 Å². The Morgan fingerprint density at radius 1 is 1.54 bits per heavy atom. The van der Waals surface area contributed by atoms with E-state index in [0.29, 0.717) is 5.88 Å². The maximum Gasteiger partial charge on any atom is 0.185 e. The molecule has 1 aromatic heterocycles. The monoisotopic (exact) mass is 218 g/mol. The maximum atomic E-state index is 5.69. The fraction of sp³-hybridized carbons (Fsp3) is 0.667. The molecule has 0 spiro atoms. The van der Waals surface area contributed by atoms with Crippen molar-refractivity contribution >= 4 is 28.1 Å². The van der Waals surface area contributed by atoms with E-state index in [1.165, 1.54) is 0 Å². The molecule has 0 amide bonds. The minimum atomic E-state index is 0.514. The van der Waals surface area contributed by atoms with Gasteiger partial charge in [0.25, 0.3) is 0 Å². The Morgan fingerprint density at radius 2 is 2.31 bits per heavy atom. The zero-order valence-electron chi connectivity index (χ0n) is 8.09. The molecule has 0 unspecified atom stereocenters. The van der Waals surface area contributed by atoms with E-state index in [9.17, 15) is 0 Å². The van der Waals surface area contributed by atoms with Crippen molar-refractivity contribution in [3.63, 3.8) is 0 Å². The summed E-state index contributed by atoms with van der Waals surface area (Å²) in [7, 11) is 0. The van der Waals surface area contributed by atoms with E-state index in [2.05, 4.69) is 23.7 Å². The molecule has 0 saturated carbocycles. The summed E-state index contributed by atoms with van der Waals surface area (Å²) in [4.78, 5) is 6.71. The Kier molecular flexibility index (Phi) is 4.53. The number of nitrogens with zero attached hydrogens (tertiary/aromatic N) is 2. The first kappa shape index (κ1) is 10.8. The van der Waals surface area contributed by atoms with Gasteiger partial charge in [-0.1, -0.05) is 6.92 Å². The van der Waals surface area contributed by atoms with Gasteiger partial charge in [-0.3, -0.25) is 0 Å². The normalized spacial score (nSPS) is 10.4. The average Bonchev–Trinajstić information content (AvgIpc) is 2.62. The summed E-state index contributed by atoms with van der Waals surface area (Å²) in [6, 6.07) is 0. The van der Waals surface area contributed by atoms with Crippen LogP contribution in [0, 0.1) is 0 Å². The molecule has 0 aromatic carbocycles. The molecular weight excluding hydrogens is 204 g/mol. The summed E-state index contributed by atoms with van der Waals surface area (Å²) in [5.41, 5.74) is 0.983. The summed E-state index contributed by atoms with van der Waals surface area (Å²) in [5, 5.41) is 3.13. The van der Waals surface area contributed by atoms with Crippen LogP contribution in [-0.4, -0.2) is 18.1 Å². The van der Waals surface area contributed by atoms with Crippen LogP contribution in [0.15, 0.2) is 5.38 Å². The van der Waals surface area contributed by atoms with Gasteiger partial charge in [-0.15, -0.1) is 22.9 Å². The van der Waals surface area contributed by atoms with Gasteiger partial charge in [0.2, 0.25) is 0 Å². The second-order valence-electron chi connectivity index (χ2n) is 2.83. The highest BCUT2D eigenvalue weighted by Gasteiger charge is 2.07. The molecule has 2 nitrogen and oxygen atoms in total. The van der Waals surface area contributed by atoms with Crippen molar-refractivity contribution in [3.05, 3.63) is 11.1 Å². The van der Waals surface area contributed by atoms with E-state index >= 15 is 0 Å². The predicted octanol–water partition coefficient (Wildman–Crippen LogP) is 3.12. The minimum absolute atomic E-state index is 0.514. The molecule has 0 bridgehead atoms. The third-order valence-corrected chi connectivity index (χ3v) is 3.05. The van der Waals surface area contributed by atoms with Gasteiger partial charge in [0.05, 0.1) is 11.6 Å². The summed E-state index contributed by atoms with van der Waals surface area (Å²) in [5.74, 6) is 0.514. The van der Waals surface area contributed by atoms with E-state index in [1.807, 2.05) is 5.38 Å². The van der Waals surface area contributed by atoms with Crippen molar-refractivity contribution in [2.24, 2.45) is 0 Å². The van der Waals surface area contributed by atoms with Gasteiger partial charge in [0.15, 0.2) is 5.13 Å². The van der Waals surface area contributed by atoms with Gasteiger partial charge in [0, 0.05) is 18.5 Å². The molecule has 0 aliphatic rings. The predicted molar refractivity (Wildman–Crippen MR) is 59.8 cm³/mol. The molecule has 0 aliphatic heterocycles. The van der Waals surface area contributed by atoms with Crippen LogP contribution in [0.5, 0.6) is 0 Å². The van der Waals surface area contributed by atoms with Gasteiger partial charge in [-0.2, -0.15) is 0 Å². The van der Waals surface area contributed by atoms with Crippen LogP contribution in [0.2, 0.25) is 0 Å². The standard InChI is InChI=1S/C9H15ClN2S/c1-3-5-12(4-2)9-11-8(6-10)7-13-9/h7H,3-6H2,1-2H3. The molecule has 1 rings (SSSR count). The molecule has 0 atom stereocenters. The number of anilines is 1. The SMILES string of the molecule is CCCN(CC)c1nc(CCl)cs1. The topological polar surface area (TPSA) is 16.1 Å². The first-order valence-electron chi connectivity index (χ1n) is 4.57. The van der Waals surface area contributed by atoms with Crippen molar-refractivity contribution in [1.82, 2.24) is 4.98 Å². The Hall–Kier alpha value is -0.280. The number of halogens is 1. The highest BCUT2D eigenvalue weighted by Crippen LogP contribution is 2.21. The minimum Gasteiger partial charge on any atom is -0.348 e. The number of aromatic nitrogens is 1. The van der Waals surface area contributed by atoms with Gasteiger partial charge in [0.1, 0.15) is 0 Å². The Morgan fingerprint density at radius 3 is 2.77 bits per heavy atom. The van der Waals surface area contributed by atoms with Crippen molar-refractivity contribution in [2.45, 2.75) is 26.1 Å². The molecule has 13 heavy (non-hydrogen) atoms. The van der Waals surface area contributed by atoms with E-state index in [0.717, 1.165) is 30.3 Å².